The highest BCUT2D eigenvalue weighted by molar-refractivity contribution is 7.09. The number of benzene rings is 2. The fraction of sp³-hybridized carbons (Fsp3) is 0.231. The number of nitrogens with zero attached hydrogens (tertiary/aromatic N) is 2. The lowest BCUT2D eigenvalue weighted by Crippen LogP contribution is -2.44. The Balaban J connectivity index is 1.89. The van der Waals surface area contributed by atoms with Gasteiger partial charge in [0.15, 0.2) is 11.7 Å². The molecule has 0 saturated heterocycles. The third kappa shape index (κ3) is 4.94. The Hall–Kier alpha value is -4.18. The summed E-state index contributed by atoms with van der Waals surface area (Å²) in [5.41, 5.74) is 11.7. The molecular weight excluding hydrogens is 478 g/mol. The maximum atomic E-state index is 14.1. The monoisotopic (exact) mass is 505 g/mol. The third-order valence-corrected chi connectivity index (χ3v) is 6.59. The van der Waals surface area contributed by atoms with Crippen LogP contribution in [-0.4, -0.2) is 28.6 Å². The number of anilines is 2. The van der Waals surface area contributed by atoms with Gasteiger partial charge in [-0.2, -0.15) is 4.37 Å². The van der Waals surface area contributed by atoms with E-state index < -0.39 is 23.8 Å². The molecule has 0 spiro atoms. The van der Waals surface area contributed by atoms with Crippen LogP contribution in [-0.2, 0) is 4.79 Å². The van der Waals surface area contributed by atoms with E-state index in [0.29, 0.717) is 18.2 Å². The second-order valence-corrected chi connectivity index (χ2v) is 9.48. The molecule has 0 bridgehead atoms. The van der Waals surface area contributed by atoms with Crippen molar-refractivity contribution in [2.75, 3.05) is 17.2 Å². The number of carbonyl (C=O) groups is 3. The number of rotatable bonds is 9. The van der Waals surface area contributed by atoms with Gasteiger partial charge in [-0.05, 0) is 47.5 Å². The summed E-state index contributed by atoms with van der Waals surface area (Å²) in [6.45, 7) is 4.55. The number of primary amides is 1. The second-order valence-electron chi connectivity index (χ2n) is 8.70. The van der Waals surface area contributed by atoms with Crippen molar-refractivity contribution in [3.8, 4) is 0 Å². The van der Waals surface area contributed by atoms with Crippen LogP contribution in [0.3, 0.4) is 0 Å². The molecule has 36 heavy (non-hydrogen) atoms. The van der Waals surface area contributed by atoms with Gasteiger partial charge >= 0.3 is 0 Å². The van der Waals surface area contributed by atoms with Crippen molar-refractivity contribution in [3.05, 3.63) is 77.2 Å². The molecule has 9 nitrogen and oxygen atoms in total. The first-order chi connectivity index (χ1) is 17.3. The predicted molar refractivity (Wildman–Crippen MR) is 140 cm³/mol. The van der Waals surface area contributed by atoms with Gasteiger partial charge < -0.3 is 21.2 Å². The molecule has 2 aromatic heterocycles. The summed E-state index contributed by atoms with van der Waals surface area (Å²) in [6, 6.07) is 15.1. The maximum Gasteiger partial charge on any atom is 0.273 e. The summed E-state index contributed by atoms with van der Waals surface area (Å²) in [5, 5.41) is 4.56. The number of hydrogen-bond donors (Lipinski definition) is 3. The van der Waals surface area contributed by atoms with Crippen LogP contribution in [0.15, 0.2) is 65.3 Å². The highest BCUT2D eigenvalue weighted by atomic mass is 32.1. The van der Waals surface area contributed by atoms with E-state index in [1.54, 1.807) is 24.3 Å². The maximum absolute atomic E-state index is 14.1. The molecule has 1 atom stereocenters. The number of hydrogen-bond acceptors (Lipinski definition) is 7. The van der Waals surface area contributed by atoms with Gasteiger partial charge in [-0.3, -0.25) is 19.3 Å². The molecule has 2 heterocycles. The van der Waals surface area contributed by atoms with Gasteiger partial charge in [-0.1, -0.05) is 50.2 Å². The molecule has 2 aromatic carbocycles. The van der Waals surface area contributed by atoms with Gasteiger partial charge in [-0.25, -0.2) is 0 Å². The molecule has 5 N–H and O–H groups in total. The molecule has 0 fully saturated rings. The van der Waals surface area contributed by atoms with E-state index in [-0.39, 0.29) is 22.0 Å². The minimum Gasteiger partial charge on any atom is -0.467 e. The molecular formula is C26H27N5O4S. The van der Waals surface area contributed by atoms with Gasteiger partial charge in [0, 0.05) is 11.9 Å². The molecule has 0 radical (unpaired) electrons. The standard InChI is InChI=1S/C26H27N5O4S/c1-15(2)12-13-29-25(33)22(19-11-6-14-35-19)31(18-10-5-8-16-7-3-4-9-17(16)18)26(34)23-20(27)21(24(28)32)30-36-23/h3-11,14-15,22H,12-13,27H2,1-2H3,(H2,28,32)(H,29,33)/t22-/m0/s1. The first-order valence-electron chi connectivity index (χ1n) is 11.5. The van der Waals surface area contributed by atoms with Crippen molar-refractivity contribution in [2.24, 2.45) is 11.7 Å². The quantitative estimate of drug-likeness (QED) is 0.312. The summed E-state index contributed by atoms with van der Waals surface area (Å²) in [7, 11) is 0. The summed E-state index contributed by atoms with van der Waals surface area (Å²) in [6.07, 6.45) is 2.21. The van der Waals surface area contributed by atoms with E-state index in [1.165, 1.54) is 11.2 Å². The summed E-state index contributed by atoms with van der Waals surface area (Å²) in [4.78, 5) is 40.8. The van der Waals surface area contributed by atoms with E-state index in [1.807, 2.05) is 30.3 Å². The lowest BCUT2D eigenvalue weighted by Gasteiger charge is -2.30. The Morgan fingerprint density at radius 3 is 2.50 bits per heavy atom. The number of amides is 3. The van der Waals surface area contributed by atoms with Crippen LogP contribution in [0, 0.1) is 5.92 Å². The molecule has 0 unspecified atom stereocenters. The van der Waals surface area contributed by atoms with Gasteiger partial charge in [0.25, 0.3) is 17.7 Å². The van der Waals surface area contributed by atoms with Crippen molar-refractivity contribution < 1.29 is 18.8 Å². The van der Waals surface area contributed by atoms with Gasteiger partial charge in [0.1, 0.15) is 10.6 Å². The highest BCUT2D eigenvalue weighted by Gasteiger charge is 2.38. The minimum atomic E-state index is -1.15. The smallest absolute Gasteiger partial charge is 0.273 e. The van der Waals surface area contributed by atoms with E-state index in [0.717, 1.165) is 28.7 Å². The van der Waals surface area contributed by atoms with Crippen molar-refractivity contribution >= 4 is 51.4 Å². The molecule has 0 aliphatic carbocycles. The Morgan fingerprint density at radius 2 is 1.83 bits per heavy atom. The van der Waals surface area contributed by atoms with Crippen molar-refractivity contribution in [3.63, 3.8) is 0 Å². The summed E-state index contributed by atoms with van der Waals surface area (Å²) < 4.78 is 9.63. The average molecular weight is 506 g/mol. The molecule has 0 aliphatic rings. The molecule has 0 saturated carbocycles. The lowest BCUT2D eigenvalue weighted by atomic mass is 10.0. The predicted octanol–water partition coefficient (Wildman–Crippen LogP) is 4.12. The van der Waals surface area contributed by atoms with Gasteiger partial charge in [-0.15, -0.1) is 0 Å². The number of aromatic nitrogens is 1. The van der Waals surface area contributed by atoms with Crippen LogP contribution in [0.25, 0.3) is 10.8 Å². The zero-order chi connectivity index (χ0) is 25.8. The van der Waals surface area contributed by atoms with Crippen molar-refractivity contribution in [2.45, 2.75) is 26.3 Å². The number of nitrogens with two attached hydrogens (primary N) is 2. The Morgan fingerprint density at radius 1 is 1.08 bits per heavy atom. The van der Waals surface area contributed by atoms with Crippen LogP contribution in [0.5, 0.6) is 0 Å². The van der Waals surface area contributed by atoms with Gasteiger partial charge in [0.05, 0.1) is 17.6 Å². The molecule has 4 rings (SSSR count). The minimum absolute atomic E-state index is 0.00303. The summed E-state index contributed by atoms with van der Waals surface area (Å²) >= 11 is 0.760. The van der Waals surface area contributed by atoms with Crippen LogP contribution in [0.1, 0.15) is 52.2 Å². The van der Waals surface area contributed by atoms with Crippen LogP contribution in [0.4, 0.5) is 11.4 Å². The Kier molecular flexibility index (Phi) is 7.35. The number of nitrogens with one attached hydrogen (secondary N) is 1. The van der Waals surface area contributed by atoms with Gasteiger partial charge in [0.2, 0.25) is 0 Å². The number of carbonyl (C=O) groups excluding carboxylic acids is 3. The molecule has 186 valence electrons. The highest BCUT2D eigenvalue weighted by Crippen LogP contribution is 2.37. The SMILES string of the molecule is CC(C)CCNC(=O)[C@H](c1ccco1)N(C(=O)c1snc(C(N)=O)c1N)c1cccc2ccccc12. The molecule has 3 amide bonds. The zero-order valence-corrected chi connectivity index (χ0v) is 20.7. The molecule has 10 heteroatoms. The number of furan rings is 1. The van der Waals surface area contributed by atoms with E-state index >= 15 is 0 Å². The number of fused-ring (bicyclic) bond motifs is 1. The van der Waals surface area contributed by atoms with Crippen LogP contribution < -0.4 is 21.7 Å². The normalized spacial score (nSPS) is 12.0. The topological polar surface area (TPSA) is 145 Å². The molecule has 0 aliphatic heterocycles. The van der Waals surface area contributed by atoms with E-state index in [4.69, 9.17) is 15.9 Å². The fourth-order valence-electron chi connectivity index (χ4n) is 3.92. The summed E-state index contributed by atoms with van der Waals surface area (Å²) in [5.74, 6) is -1.20. The zero-order valence-electron chi connectivity index (χ0n) is 19.9. The van der Waals surface area contributed by atoms with Crippen LogP contribution >= 0.6 is 11.5 Å². The Bertz CT molecular complexity index is 1390. The average Bonchev–Trinajstić information content (AvgIpc) is 3.51. The van der Waals surface area contributed by atoms with E-state index in [2.05, 4.69) is 23.5 Å². The first kappa shape index (κ1) is 24.9. The number of nitrogen functional groups attached to an aromatic ring is 1. The molecule has 4 aromatic rings. The van der Waals surface area contributed by atoms with Crippen LogP contribution in [0.2, 0.25) is 0 Å². The fourth-order valence-corrected chi connectivity index (χ4v) is 4.67. The largest absolute Gasteiger partial charge is 0.467 e. The first-order valence-corrected chi connectivity index (χ1v) is 12.2. The van der Waals surface area contributed by atoms with E-state index in [9.17, 15) is 14.4 Å². The van der Waals surface area contributed by atoms with Crippen molar-refractivity contribution in [1.82, 2.24) is 9.69 Å². The Labute approximate surface area is 212 Å². The third-order valence-electron chi connectivity index (χ3n) is 5.74. The van der Waals surface area contributed by atoms with Crippen molar-refractivity contribution in [1.29, 1.82) is 0 Å². The second kappa shape index (κ2) is 10.6. The lowest BCUT2D eigenvalue weighted by molar-refractivity contribution is -0.122.